The summed E-state index contributed by atoms with van der Waals surface area (Å²) in [4.78, 5) is 21.5. The minimum atomic E-state index is -0.584. The SMILES string of the molecule is Cc1cc([N+](=O)[O-])c(C(=O)CBr)cc1Cl. The molecule has 0 radical (unpaired) electrons. The van der Waals surface area contributed by atoms with Gasteiger partial charge in [0, 0.05) is 11.1 Å². The van der Waals surface area contributed by atoms with E-state index in [4.69, 9.17) is 11.6 Å². The van der Waals surface area contributed by atoms with Crippen molar-refractivity contribution in [3.8, 4) is 0 Å². The number of halogens is 2. The highest BCUT2D eigenvalue weighted by Crippen LogP contribution is 2.27. The van der Waals surface area contributed by atoms with E-state index < -0.39 is 4.92 Å². The van der Waals surface area contributed by atoms with Crippen LogP contribution in [0.15, 0.2) is 12.1 Å². The zero-order chi connectivity index (χ0) is 11.6. The number of benzene rings is 1. The number of nitro groups is 1. The molecule has 0 saturated heterocycles. The van der Waals surface area contributed by atoms with Crippen LogP contribution in [0, 0.1) is 17.0 Å². The molecule has 0 unspecified atom stereocenters. The van der Waals surface area contributed by atoms with Gasteiger partial charge in [-0.1, -0.05) is 27.5 Å². The predicted octanol–water partition coefficient (Wildman–Crippen LogP) is 3.13. The molecule has 1 aromatic carbocycles. The van der Waals surface area contributed by atoms with Crippen molar-refractivity contribution >= 4 is 39.0 Å². The van der Waals surface area contributed by atoms with Gasteiger partial charge in [0.2, 0.25) is 0 Å². The Labute approximate surface area is 99.5 Å². The fourth-order valence-corrected chi connectivity index (χ4v) is 1.58. The topological polar surface area (TPSA) is 60.2 Å². The molecule has 0 aromatic heterocycles. The second kappa shape index (κ2) is 4.72. The summed E-state index contributed by atoms with van der Waals surface area (Å²) >= 11 is 8.76. The number of Topliss-reactive ketones (excluding diaryl/α,β-unsaturated/α-hetero) is 1. The lowest BCUT2D eigenvalue weighted by Crippen LogP contribution is -2.05. The Balaban J connectivity index is 3.41. The summed E-state index contributed by atoms with van der Waals surface area (Å²) in [6.45, 7) is 1.65. The molecular weight excluding hydrogens is 285 g/mol. The van der Waals surface area contributed by atoms with E-state index >= 15 is 0 Å². The molecule has 0 aliphatic carbocycles. The highest BCUT2D eigenvalue weighted by atomic mass is 79.9. The van der Waals surface area contributed by atoms with Crippen molar-refractivity contribution in [3.05, 3.63) is 38.4 Å². The van der Waals surface area contributed by atoms with Crippen LogP contribution < -0.4 is 0 Å². The van der Waals surface area contributed by atoms with E-state index in [-0.39, 0.29) is 22.4 Å². The zero-order valence-electron chi connectivity index (χ0n) is 7.79. The normalized spacial score (nSPS) is 10.1. The molecule has 0 N–H and O–H groups in total. The minimum Gasteiger partial charge on any atom is -0.293 e. The van der Waals surface area contributed by atoms with E-state index in [9.17, 15) is 14.9 Å². The quantitative estimate of drug-likeness (QED) is 0.372. The van der Waals surface area contributed by atoms with Crippen molar-refractivity contribution in [2.75, 3.05) is 5.33 Å². The van der Waals surface area contributed by atoms with Crippen LogP contribution in [0.25, 0.3) is 0 Å². The third kappa shape index (κ3) is 2.54. The maximum atomic E-state index is 11.4. The van der Waals surface area contributed by atoms with Gasteiger partial charge in [-0.3, -0.25) is 14.9 Å². The maximum Gasteiger partial charge on any atom is 0.280 e. The third-order valence-corrected chi connectivity index (χ3v) is 2.81. The van der Waals surface area contributed by atoms with Crippen molar-refractivity contribution in [1.82, 2.24) is 0 Å². The first-order valence-corrected chi connectivity index (χ1v) is 5.51. The van der Waals surface area contributed by atoms with Crippen molar-refractivity contribution in [3.63, 3.8) is 0 Å². The molecule has 80 valence electrons. The van der Waals surface area contributed by atoms with Crippen molar-refractivity contribution in [1.29, 1.82) is 0 Å². The molecule has 0 amide bonds. The van der Waals surface area contributed by atoms with Crippen molar-refractivity contribution in [2.24, 2.45) is 0 Å². The molecule has 0 heterocycles. The number of nitro benzene ring substituents is 1. The molecule has 1 aromatic rings. The molecule has 0 aliphatic heterocycles. The number of rotatable bonds is 3. The molecule has 4 nitrogen and oxygen atoms in total. The molecular formula is C9H7BrClNO3. The first kappa shape index (κ1) is 12.1. The van der Waals surface area contributed by atoms with E-state index in [1.807, 2.05) is 0 Å². The average Bonchev–Trinajstić information content (AvgIpc) is 2.20. The van der Waals surface area contributed by atoms with Gasteiger partial charge in [-0.15, -0.1) is 0 Å². The number of ketones is 1. The van der Waals surface area contributed by atoms with Crippen LogP contribution in [0.4, 0.5) is 5.69 Å². The number of aryl methyl sites for hydroxylation is 1. The lowest BCUT2D eigenvalue weighted by molar-refractivity contribution is -0.385. The molecule has 15 heavy (non-hydrogen) atoms. The molecule has 0 spiro atoms. The van der Waals surface area contributed by atoms with Crippen LogP contribution in [-0.2, 0) is 0 Å². The third-order valence-electron chi connectivity index (χ3n) is 1.90. The van der Waals surface area contributed by atoms with E-state index in [1.165, 1.54) is 12.1 Å². The Morgan fingerprint density at radius 1 is 1.60 bits per heavy atom. The minimum absolute atomic E-state index is 0.0347. The second-order valence-electron chi connectivity index (χ2n) is 2.93. The number of carbonyl (C=O) groups excluding carboxylic acids is 1. The highest BCUT2D eigenvalue weighted by Gasteiger charge is 2.20. The van der Waals surface area contributed by atoms with Crippen molar-refractivity contribution in [2.45, 2.75) is 6.92 Å². The van der Waals surface area contributed by atoms with Gasteiger partial charge in [0.05, 0.1) is 15.8 Å². The first-order chi connectivity index (χ1) is 6.97. The van der Waals surface area contributed by atoms with Gasteiger partial charge < -0.3 is 0 Å². The van der Waals surface area contributed by atoms with E-state index in [0.717, 1.165) is 0 Å². The van der Waals surface area contributed by atoms with Gasteiger partial charge in [-0.2, -0.15) is 0 Å². The number of hydrogen-bond donors (Lipinski definition) is 0. The summed E-state index contributed by atoms with van der Waals surface area (Å²) in [5.41, 5.74) is 0.406. The molecule has 0 bridgehead atoms. The summed E-state index contributed by atoms with van der Waals surface area (Å²) in [6, 6.07) is 2.64. The van der Waals surface area contributed by atoms with E-state index in [1.54, 1.807) is 6.92 Å². The van der Waals surface area contributed by atoms with Crippen LogP contribution >= 0.6 is 27.5 Å². The highest BCUT2D eigenvalue weighted by molar-refractivity contribution is 9.09. The number of alkyl halides is 1. The van der Waals surface area contributed by atoms with E-state index in [0.29, 0.717) is 10.6 Å². The van der Waals surface area contributed by atoms with Gasteiger partial charge in [-0.05, 0) is 18.6 Å². The van der Waals surface area contributed by atoms with Crippen LogP contribution in [0.3, 0.4) is 0 Å². The Hall–Kier alpha value is -0.940. The summed E-state index contributed by atoms with van der Waals surface area (Å²) < 4.78 is 0. The average molecular weight is 293 g/mol. The molecule has 0 aliphatic rings. The molecule has 6 heteroatoms. The lowest BCUT2D eigenvalue weighted by Gasteiger charge is -2.03. The van der Waals surface area contributed by atoms with Gasteiger partial charge in [0.1, 0.15) is 0 Å². The van der Waals surface area contributed by atoms with Gasteiger partial charge in [0.25, 0.3) is 5.69 Å². The Kier molecular flexibility index (Phi) is 3.82. The van der Waals surface area contributed by atoms with E-state index in [2.05, 4.69) is 15.9 Å². The second-order valence-corrected chi connectivity index (χ2v) is 3.90. The Morgan fingerprint density at radius 3 is 2.67 bits per heavy atom. The molecule has 1 rings (SSSR count). The Morgan fingerprint density at radius 2 is 2.20 bits per heavy atom. The largest absolute Gasteiger partial charge is 0.293 e. The zero-order valence-corrected chi connectivity index (χ0v) is 10.1. The number of hydrogen-bond acceptors (Lipinski definition) is 3. The summed E-state index contributed by atoms with van der Waals surface area (Å²) in [5, 5.41) is 11.1. The fourth-order valence-electron chi connectivity index (χ4n) is 1.11. The number of nitrogens with zero attached hydrogens (tertiary/aromatic N) is 1. The molecule has 0 fully saturated rings. The Bertz CT molecular complexity index is 434. The van der Waals surface area contributed by atoms with Gasteiger partial charge in [0.15, 0.2) is 5.78 Å². The molecule has 0 saturated carbocycles. The number of carbonyl (C=O) groups is 1. The molecule has 0 atom stereocenters. The standard InChI is InChI=1S/C9H7BrClNO3/c1-5-2-8(12(14)15)6(3-7(5)11)9(13)4-10/h2-3H,4H2,1H3. The predicted molar refractivity (Wildman–Crippen MR) is 61.0 cm³/mol. The summed E-state index contributed by atoms with van der Waals surface area (Å²) in [7, 11) is 0. The van der Waals surface area contributed by atoms with Crippen LogP contribution in [-0.4, -0.2) is 16.0 Å². The van der Waals surface area contributed by atoms with Gasteiger partial charge in [-0.25, -0.2) is 0 Å². The monoisotopic (exact) mass is 291 g/mol. The van der Waals surface area contributed by atoms with Crippen LogP contribution in [0.2, 0.25) is 5.02 Å². The summed E-state index contributed by atoms with van der Waals surface area (Å²) in [6.07, 6.45) is 0. The summed E-state index contributed by atoms with van der Waals surface area (Å²) in [5.74, 6) is -0.358. The van der Waals surface area contributed by atoms with Crippen molar-refractivity contribution < 1.29 is 9.72 Å². The lowest BCUT2D eigenvalue weighted by atomic mass is 10.1. The first-order valence-electron chi connectivity index (χ1n) is 4.01. The smallest absolute Gasteiger partial charge is 0.280 e. The van der Waals surface area contributed by atoms with Crippen LogP contribution in [0.5, 0.6) is 0 Å². The van der Waals surface area contributed by atoms with Crippen LogP contribution in [0.1, 0.15) is 15.9 Å². The fraction of sp³-hybridized carbons (Fsp3) is 0.222. The maximum absolute atomic E-state index is 11.4. The van der Waals surface area contributed by atoms with Gasteiger partial charge >= 0.3 is 0 Å².